The van der Waals surface area contributed by atoms with Gasteiger partial charge in [-0.2, -0.15) is 0 Å². The summed E-state index contributed by atoms with van der Waals surface area (Å²) in [5.41, 5.74) is 4.32. The largest absolute Gasteiger partial charge is 0.480 e. The van der Waals surface area contributed by atoms with E-state index in [9.17, 15) is 14.4 Å². The highest BCUT2D eigenvalue weighted by Crippen LogP contribution is 2.29. The van der Waals surface area contributed by atoms with E-state index >= 15 is 0 Å². The molecule has 0 saturated heterocycles. The molecule has 0 radical (unpaired) electrons. The number of nitrogens with zero attached hydrogens (tertiary/aromatic N) is 1. The van der Waals surface area contributed by atoms with Crippen molar-refractivity contribution in [1.29, 1.82) is 0 Å². The predicted octanol–water partition coefficient (Wildman–Crippen LogP) is 0.147. The molecule has 0 aliphatic heterocycles. The van der Waals surface area contributed by atoms with Crippen LogP contribution in [-0.2, 0) is 9.59 Å². The molecule has 0 bridgehead atoms. The van der Waals surface area contributed by atoms with Crippen molar-refractivity contribution in [1.82, 2.24) is 10.2 Å². The first-order valence-electron chi connectivity index (χ1n) is 6.27. The number of carbonyl (C=O) groups excluding carboxylic acids is 2. The van der Waals surface area contributed by atoms with Gasteiger partial charge in [0.25, 0.3) is 0 Å². The number of amides is 3. The molecule has 7 nitrogen and oxygen atoms in total. The molecule has 19 heavy (non-hydrogen) atoms. The standard InChI is InChI=1S/C12H21N3O4/c1-12(2,5-9(13)16)14-11(19)15(7-10(17)18)6-8-3-4-8/h8H,3-7H2,1-2H3,(H2,13,16)(H,14,19)(H,17,18). The number of rotatable bonds is 7. The third kappa shape index (κ3) is 6.08. The van der Waals surface area contributed by atoms with Gasteiger partial charge in [-0.25, -0.2) is 4.79 Å². The molecule has 1 fully saturated rings. The van der Waals surface area contributed by atoms with E-state index in [4.69, 9.17) is 10.8 Å². The maximum Gasteiger partial charge on any atom is 0.323 e. The second-order valence-electron chi connectivity index (χ2n) is 5.67. The SMILES string of the molecule is CC(C)(CC(N)=O)NC(=O)N(CC(=O)O)CC1CC1. The minimum atomic E-state index is -1.05. The van der Waals surface area contributed by atoms with E-state index < -0.39 is 23.4 Å². The van der Waals surface area contributed by atoms with Crippen molar-refractivity contribution >= 4 is 17.9 Å². The summed E-state index contributed by atoms with van der Waals surface area (Å²) < 4.78 is 0. The van der Waals surface area contributed by atoms with Gasteiger partial charge in [-0.1, -0.05) is 0 Å². The van der Waals surface area contributed by atoms with Crippen molar-refractivity contribution in [3.8, 4) is 0 Å². The number of nitrogens with two attached hydrogens (primary N) is 1. The van der Waals surface area contributed by atoms with E-state index in [1.54, 1.807) is 13.8 Å². The van der Waals surface area contributed by atoms with E-state index in [1.807, 2.05) is 0 Å². The Bertz CT molecular complexity index is 377. The van der Waals surface area contributed by atoms with Crippen molar-refractivity contribution in [3.05, 3.63) is 0 Å². The topological polar surface area (TPSA) is 113 Å². The zero-order chi connectivity index (χ0) is 14.6. The lowest BCUT2D eigenvalue weighted by atomic mass is 10.0. The van der Waals surface area contributed by atoms with Crippen LogP contribution in [0.5, 0.6) is 0 Å². The fourth-order valence-corrected chi connectivity index (χ4v) is 1.84. The number of carboxylic acids is 1. The lowest BCUT2D eigenvalue weighted by Gasteiger charge is -2.29. The molecule has 0 atom stereocenters. The van der Waals surface area contributed by atoms with Crippen molar-refractivity contribution in [2.45, 2.75) is 38.6 Å². The van der Waals surface area contributed by atoms with Crippen LogP contribution in [0.25, 0.3) is 0 Å². The van der Waals surface area contributed by atoms with Crippen molar-refractivity contribution < 1.29 is 19.5 Å². The van der Waals surface area contributed by atoms with E-state index in [0.717, 1.165) is 12.8 Å². The zero-order valence-corrected chi connectivity index (χ0v) is 11.3. The van der Waals surface area contributed by atoms with Crippen molar-refractivity contribution in [2.75, 3.05) is 13.1 Å². The van der Waals surface area contributed by atoms with Crippen LogP contribution in [0.4, 0.5) is 4.79 Å². The van der Waals surface area contributed by atoms with Gasteiger partial charge in [-0.05, 0) is 32.6 Å². The minimum absolute atomic E-state index is 0.00306. The molecule has 1 aliphatic rings. The van der Waals surface area contributed by atoms with Crippen LogP contribution in [0.1, 0.15) is 33.1 Å². The summed E-state index contributed by atoms with van der Waals surface area (Å²) in [5.74, 6) is -1.18. The van der Waals surface area contributed by atoms with Crippen molar-refractivity contribution in [3.63, 3.8) is 0 Å². The average Bonchev–Trinajstić information content (AvgIpc) is 2.96. The smallest absolute Gasteiger partial charge is 0.323 e. The molecule has 1 aliphatic carbocycles. The van der Waals surface area contributed by atoms with Gasteiger partial charge >= 0.3 is 12.0 Å². The maximum absolute atomic E-state index is 12.0. The Morgan fingerprint density at radius 1 is 1.37 bits per heavy atom. The number of carboxylic acid groups (broad SMARTS) is 1. The molecule has 0 aromatic carbocycles. The Balaban J connectivity index is 2.59. The first-order valence-corrected chi connectivity index (χ1v) is 6.27. The van der Waals surface area contributed by atoms with Gasteiger partial charge in [0.2, 0.25) is 5.91 Å². The normalized spacial score (nSPS) is 14.8. The first kappa shape index (κ1) is 15.3. The van der Waals surface area contributed by atoms with Gasteiger partial charge in [0.05, 0.1) is 0 Å². The quantitative estimate of drug-likeness (QED) is 0.611. The third-order valence-electron chi connectivity index (χ3n) is 2.85. The number of urea groups is 1. The van der Waals surface area contributed by atoms with Crippen LogP contribution < -0.4 is 11.1 Å². The molecular formula is C12H21N3O4. The first-order chi connectivity index (χ1) is 8.69. The van der Waals surface area contributed by atoms with Gasteiger partial charge in [-0.3, -0.25) is 9.59 Å². The van der Waals surface area contributed by atoms with E-state index in [2.05, 4.69) is 5.32 Å². The average molecular weight is 271 g/mol. The fraction of sp³-hybridized carbons (Fsp3) is 0.750. The second kappa shape index (κ2) is 5.90. The Morgan fingerprint density at radius 2 is 1.95 bits per heavy atom. The highest BCUT2D eigenvalue weighted by Gasteiger charge is 2.31. The molecule has 1 saturated carbocycles. The number of hydrogen-bond donors (Lipinski definition) is 3. The Labute approximate surface area is 112 Å². The van der Waals surface area contributed by atoms with Gasteiger partial charge in [0.15, 0.2) is 0 Å². The van der Waals surface area contributed by atoms with Crippen LogP contribution in [0.15, 0.2) is 0 Å². The lowest BCUT2D eigenvalue weighted by Crippen LogP contribution is -2.53. The molecule has 1 rings (SSSR count). The van der Waals surface area contributed by atoms with E-state index in [1.165, 1.54) is 4.90 Å². The Morgan fingerprint density at radius 3 is 2.37 bits per heavy atom. The molecule has 0 aromatic heterocycles. The predicted molar refractivity (Wildman–Crippen MR) is 68.4 cm³/mol. The summed E-state index contributed by atoms with van der Waals surface area (Å²) in [7, 11) is 0. The molecular weight excluding hydrogens is 250 g/mol. The highest BCUT2D eigenvalue weighted by molar-refractivity contribution is 5.82. The maximum atomic E-state index is 12.0. The van der Waals surface area contributed by atoms with Crippen LogP contribution in [0, 0.1) is 5.92 Å². The monoisotopic (exact) mass is 271 g/mol. The molecule has 0 spiro atoms. The molecule has 7 heteroatoms. The Kier molecular flexibility index (Phi) is 4.74. The van der Waals surface area contributed by atoms with Crippen molar-refractivity contribution in [2.24, 2.45) is 11.7 Å². The van der Waals surface area contributed by atoms with Gasteiger partial charge in [0, 0.05) is 18.5 Å². The summed E-state index contributed by atoms with van der Waals surface area (Å²) in [6, 6.07) is -0.472. The molecule has 0 heterocycles. The van der Waals surface area contributed by atoms with Crippen LogP contribution >= 0.6 is 0 Å². The summed E-state index contributed by atoms with van der Waals surface area (Å²) in [4.78, 5) is 35.0. The van der Waals surface area contributed by atoms with Crippen LogP contribution in [0.2, 0.25) is 0 Å². The Hall–Kier alpha value is -1.79. The van der Waals surface area contributed by atoms with Crippen LogP contribution in [-0.4, -0.2) is 46.5 Å². The van der Waals surface area contributed by atoms with Gasteiger partial charge in [0.1, 0.15) is 6.54 Å². The number of carbonyl (C=O) groups is 3. The second-order valence-corrected chi connectivity index (χ2v) is 5.67. The summed E-state index contributed by atoms with van der Waals surface area (Å²) >= 11 is 0. The number of aliphatic carboxylic acids is 1. The van der Waals surface area contributed by atoms with E-state index in [0.29, 0.717) is 12.5 Å². The molecule has 108 valence electrons. The summed E-state index contributed by atoms with van der Waals surface area (Å²) in [5, 5.41) is 11.5. The molecule has 0 aromatic rings. The molecule has 3 amide bonds. The molecule has 0 unspecified atom stereocenters. The zero-order valence-electron chi connectivity index (χ0n) is 11.3. The van der Waals surface area contributed by atoms with Gasteiger partial charge < -0.3 is 21.1 Å². The van der Waals surface area contributed by atoms with Gasteiger partial charge in [-0.15, -0.1) is 0 Å². The fourth-order valence-electron chi connectivity index (χ4n) is 1.84. The summed E-state index contributed by atoms with van der Waals surface area (Å²) in [6.45, 7) is 3.44. The number of hydrogen-bond acceptors (Lipinski definition) is 3. The number of primary amides is 1. The molecule has 4 N–H and O–H groups in total. The highest BCUT2D eigenvalue weighted by atomic mass is 16.4. The summed E-state index contributed by atoms with van der Waals surface area (Å²) in [6.07, 6.45) is 2.05. The lowest BCUT2D eigenvalue weighted by molar-refractivity contribution is -0.137. The number of nitrogens with one attached hydrogen (secondary N) is 1. The van der Waals surface area contributed by atoms with Crippen LogP contribution in [0.3, 0.4) is 0 Å². The minimum Gasteiger partial charge on any atom is -0.480 e. The third-order valence-corrected chi connectivity index (χ3v) is 2.85. The van der Waals surface area contributed by atoms with E-state index in [-0.39, 0.29) is 13.0 Å².